The van der Waals surface area contributed by atoms with Crippen molar-refractivity contribution < 1.29 is 14.7 Å². The summed E-state index contributed by atoms with van der Waals surface area (Å²) in [6.45, 7) is 3.62. The topological polar surface area (TPSA) is 105 Å². The maximum Gasteiger partial charge on any atom is 0.261 e. The normalized spacial score (nSPS) is 10.5. The van der Waals surface area contributed by atoms with Crippen LogP contribution in [0, 0.1) is 13.8 Å². The van der Waals surface area contributed by atoms with E-state index in [1.807, 2.05) is 6.92 Å². The van der Waals surface area contributed by atoms with E-state index in [0.717, 1.165) is 15.5 Å². The lowest BCUT2D eigenvalue weighted by Crippen LogP contribution is -2.12. The van der Waals surface area contributed by atoms with Crippen LogP contribution >= 0.6 is 23.1 Å². The number of benzene rings is 1. The van der Waals surface area contributed by atoms with Gasteiger partial charge in [0.25, 0.3) is 5.91 Å². The quantitative estimate of drug-likeness (QED) is 0.726. The fourth-order valence-electron chi connectivity index (χ4n) is 1.70. The Bertz CT molecular complexity index is 728. The van der Waals surface area contributed by atoms with Crippen molar-refractivity contribution in [2.24, 2.45) is 5.73 Å². The lowest BCUT2D eigenvalue weighted by Gasteiger charge is -2.04. The number of carbonyl (C=O) groups excluding carboxylic acids is 2. The predicted molar refractivity (Wildman–Crippen MR) is 87.6 cm³/mol. The first-order valence-corrected chi connectivity index (χ1v) is 8.16. The highest BCUT2D eigenvalue weighted by Crippen LogP contribution is 2.32. The zero-order valence-electron chi connectivity index (χ0n) is 12.0. The highest BCUT2D eigenvalue weighted by Gasteiger charge is 2.15. The number of rotatable bonds is 5. The van der Waals surface area contributed by atoms with Gasteiger partial charge in [0.15, 0.2) is 5.13 Å². The van der Waals surface area contributed by atoms with E-state index in [9.17, 15) is 14.7 Å². The van der Waals surface area contributed by atoms with E-state index in [-0.39, 0.29) is 17.1 Å². The first kappa shape index (κ1) is 16.3. The average Bonchev–Trinajstić information content (AvgIpc) is 2.76. The van der Waals surface area contributed by atoms with Crippen LogP contribution < -0.4 is 11.1 Å². The second-order valence-electron chi connectivity index (χ2n) is 4.62. The number of hydrogen-bond acceptors (Lipinski definition) is 6. The van der Waals surface area contributed by atoms with Crippen LogP contribution in [0.25, 0.3) is 0 Å². The maximum absolute atomic E-state index is 12.1. The molecule has 0 saturated heterocycles. The van der Waals surface area contributed by atoms with Crippen LogP contribution in [0.3, 0.4) is 0 Å². The van der Waals surface area contributed by atoms with Crippen LogP contribution in [0.1, 0.15) is 21.6 Å². The van der Waals surface area contributed by atoms with Crippen LogP contribution in [0.4, 0.5) is 5.13 Å². The van der Waals surface area contributed by atoms with E-state index in [1.54, 1.807) is 19.1 Å². The zero-order valence-corrected chi connectivity index (χ0v) is 13.7. The number of anilines is 1. The van der Waals surface area contributed by atoms with Gasteiger partial charge in [-0.05, 0) is 31.5 Å². The highest BCUT2D eigenvalue weighted by atomic mass is 32.2. The molecule has 0 fully saturated rings. The second kappa shape index (κ2) is 6.80. The molecule has 4 N–H and O–H groups in total. The molecular formula is C14H15N3O3S2. The van der Waals surface area contributed by atoms with Crippen molar-refractivity contribution in [3.8, 4) is 5.75 Å². The molecule has 0 radical (unpaired) electrons. The first-order valence-electron chi connectivity index (χ1n) is 6.36. The van der Waals surface area contributed by atoms with Crippen molar-refractivity contribution in [2.45, 2.75) is 18.1 Å². The summed E-state index contributed by atoms with van der Waals surface area (Å²) in [5.41, 5.74) is 6.88. The molecule has 0 aliphatic carbocycles. The number of phenolic OH excluding ortho intramolecular Hbond substituents is 1. The molecule has 0 spiro atoms. The number of amides is 2. The SMILES string of the molecule is Cc1ccc(C(=O)Nc2nc(C)c(SCC(N)=O)s2)c(O)c1. The zero-order chi connectivity index (χ0) is 16.3. The lowest BCUT2D eigenvalue weighted by atomic mass is 10.1. The Labute approximate surface area is 135 Å². The van der Waals surface area contributed by atoms with Gasteiger partial charge in [0, 0.05) is 0 Å². The molecule has 22 heavy (non-hydrogen) atoms. The number of thiazole rings is 1. The van der Waals surface area contributed by atoms with Gasteiger partial charge in [0.1, 0.15) is 5.75 Å². The summed E-state index contributed by atoms with van der Waals surface area (Å²) in [6, 6.07) is 4.83. The lowest BCUT2D eigenvalue weighted by molar-refractivity contribution is -0.115. The highest BCUT2D eigenvalue weighted by molar-refractivity contribution is 8.01. The number of nitrogens with one attached hydrogen (secondary N) is 1. The van der Waals surface area contributed by atoms with E-state index in [2.05, 4.69) is 10.3 Å². The van der Waals surface area contributed by atoms with Gasteiger partial charge in [-0.25, -0.2) is 4.98 Å². The second-order valence-corrected chi connectivity index (χ2v) is 6.86. The average molecular weight is 337 g/mol. The van der Waals surface area contributed by atoms with Crippen molar-refractivity contribution >= 4 is 40.0 Å². The largest absolute Gasteiger partial charge is 0.507 e. The summed E-state index contributed by atoms with van der Waals surface area (Å²) in [5.74, 6) is -0.755. The number of carbonyl (C=O) groups is 2. The molecule has 2 rings (SSSR count). The van der Waals surface area contributed by atoms with Crippen LogP contribution in [-0.4, -0.2) is 27.7 Å². The molecule has 2 amide bonds. The van der Waals surface area contributed by atoms with Crippen molar-refractivity contribution in [3.05, 3.63) is 35.0 Å². The van der Waals surface area contributed by atoms with Gasteiger partial charge >= 0.3 is 0 Å². The number of aromatic hydroxyl groups is 1. The molecular weight excluding hydrogens is 322 g/mol. The van der Waals surface area contributed by atoms with Gasteiger partial charge in [-0.15, -0.1) is 11.8 Å². The Kier molecular flexibility index (Phi) is 5.04. The third-order valence-electron chi connectivity index (χ3n) is 2.72. The van der Waals surface area contributed by atoms with Crippen molar-refractivity contribution in [3.63, 3.8) is 0 Å². The molecule has 8 heteroatoms. The fraction of sp³-hybridized carbons (Fsp3) is 0.214. The Morgan fingerprint density at radius 3 is 2.77 bits per heavy atom. The molecule has 0 unspecified atom stereocenters. The molecule has 0 aliphatic heterocycles. The van der Waals surface area contributed by atoms with Gasteiger partial charge in [0.05, 0.1) is 21.2 Å². The first-order chi connectivity index (χ1) is 10.4. The van der Waals surface area contributed by atoms with E-state index in [4.69, 9.17) is 5.73 Å². The number of aryl methyl sites for hydroxylation is 2. The van der Waals surface area contributed by atoms with E-state index in [0.29, 0.717) is 5.13 Å². The summed E-state index contributed by atoms with van der Waals surface area (Å²) < 4.78 is 0.822. The Morgan fingerprint density at radius 1 is 1.41 bits per heavy atom. The van der Waals surface area contributed by atoms with Crippen molar-refractivity contribution in [1.82, 2.24) is 4.98 Å². The van der Waals surface area contributed by atoms with Crippen LogP contribution in [0.5, 0.6) is 5.75 Å². The number of thioether (sulfide) groups is 1. The minimum absolute atomic E-state index is 0.0749. The molecule has 0 atom stereocenters. The van der Waals surface area contributed by atoms with Gasteiger partial charge < -0.3 is 10.8 Å². The molecule has 1 heterocycles. The van der Waals surface area contributed by atoms with Gasteiger partial charge in [-0.2, -0.15) is 0 Å². The van der Waals surface area contributed by atoms with Gasteiger partial charge in [-0.1, -0.05) is 17.4 Å². The Morgan fingerprint density at radius 2 is 2.14 bits per heavy atom. The van der Waals surface area contributed by atoms with Crippen LogP contribution in [0.2, 0.25) is 0 Å². The number of nitrogens with two attached hydrogens (primary N) is 1. The summed E-state index contributed by atoms with van der Waals surface area (Å²) in [5, 5.41) is 12.9. The summed E-state index contributed by atoms with van der Waals surface area (Å²) >= 11 is 2.55. The molecule has 1 aromatic carbocycles. The fourth-order valence-corrected chi connectivity index (χ4v) is 3.58. The van der Waals surface area contributed by atoms with Gasteiger partial charge in [0.2, 0.25) is 5.91 Å². The number of aromatic nitrogens is 1. The number of nitrogens with zero attached hydrogens (tertiary/aromatic N) is 1. The summed E-state index contributed by atoms with van der Waals surface area (Å²) in [7, 11) is 0. The number of primary amides is 1. The van der Waals surface area contributed by atoms with Crippen molar-refractivity contribution in [2.75, 3.05) is 11.1 Å². The van der Waals surface area contributed by atoms with E-state index >= 15 is 0 Å². The van der Waals surface area contributed by atoms with Crippen LogP contribution in [0.15, 0.2) is 22.4 Å². The maximum atomic E-state index is 12.1. The third-order valence-corrected chi connectivity index (χ3v) is 5.18. The monoisotopic (exact) mass is 337 g/mol. The summed E-state index contributed by atoms with van der Waals surface area (Å²) in [4.78, 5) is 27.2. The molecule has 116 valence electrons. The third kappa shape index (κ3) is 3.99. The van der Waals surface area contributed by atoms with Crippen molar-refractivity contribution in [1.29, 1.82) is 0 Å². The standard InChI is InChI=1S/C14H15N3O3S2/c1-7-3-4-9(10(18)5-7)12(20)17-14-16-8(2)13(22-14)21-6-11(15)19/h3-5,18H,6H2,1-2H3,(H2,15,19)(H,16,17,20). The number of phenols is 1. The Hall–Kier alpha value is -2.06. The van der Waals surface area contributed by atoms with Crippen LogP contribution in [-0.2, 0) is 4.79 Å². The minimum Gasteiger partial charge on any atom is -0.507 e. The smallest absolute Gasteiger partial charge is 0.261 e. The van der Waals surface area contributed by atoms with Gasteiger partial charge in [-0.3, -0.25) is 14.9 Å². The van der Waals surface area contributed by atoms with E-state index < -0.39 is 11.8 Å². The minimum atomic E-state index is -0.433. The molecule has 1 aromatic heterocycles. The molecule has 0 saturated carbocycles. The molecule has 0 bridgehead atoms. The molecule has 0 aliphatic rings. The Balaban J connectivity index is 2.11. The molecule has 6 nitrogen and oxygen atoms in total. The molecule has 2 aromatic rings. The predicted octanol–water partition coefficient (Wildman–Crippen LogP) is 2.30. The summed E-state index contributed by atoms with van der Waals surface area (Å²) in [6.07, 6.45) is 0. The van der Waals surface area contributed by atoms with E-state index in [1.165, 1.54) is 29.2 Å². The number of hydrogen-bond donors (Lipinski definition) is 3.